The summed E-state index contributed by atoms with van der Waals surface area (Å²) < 4.78 is 12.7. The van der Waals surface area contributed by atoms with Gasteiger partial charge in [-0.05, 0) is 43.5 Å². The van der Waals surface area contributed by atoms with Crippen molar-refractivity contribution < 1.29 is 9.15 Å². The second kappa shape index (κ2) is 7.45. The first kappa shape index (κ1) is 17.6. The lowest BCUT2D eigenvalue weighted by molar-refractivity contribution is 0.174. The molecule has 140 valence electrons. The van der Waals surface area contributed by atoms with E-state index in [9.17, 15) is 4.79 Å². The first-order chi connectivity index (χ1) is 12.7. The molecule has 0 N–H and O–H groups in total. The lowest BCUT2D eigenvalue weighted by atomic mass is 10.1. The van der Waals surface area contributed by atoms with Crippen molar-refractivity contribution in [1.29, 1.82) is 0 Å². The lowest BCUT2D eigenvalue weighted by Gasteiger charge is -2.31. The predicted molar refractivity (Wildman–Crippen MR) is 100 cm³/mol. The van der Waals surface area contributed by atoms with Gasteiger partial charge in [-0.3, -0.25) is 0 Å². The number of likely N-dealkylation sites (tertiary alicyclic amines) is 1. The maximum absolute atomic E-state index is 12.4. The summed E-state index contributed by atoms with van der Waals surface area (Å²) in [6.07, 6.45) is 5.07. The Hall–Kier alpha value is -1.79. The number of unbranched alkanes of at least 4 members (excludes halogenated alkanes) is 1. The Balaban J connectivity index is 1.55. The molecule has 6 nitrogen and oxygen atoms in total. The van der Waals surface area contributed by atoms with Crippen molar-refractivity contribution in [3.63, 3.8) is 0 Å². The van der Waals surface area contributed by atoms with Gasteiger partial charge in [-0.2, -0.15) is 4.68 Å². The van der Waals surface area contributed by atoms with Gasteiger partial charge in [0.1, 0.15) is 5.75 Å². The summed E-state index contributed by atoms with van der Waals surface area (Å²) in [7, 11) is 0. The number of rotatable bonds is 5. The van der Waals surface area contributed by atoms with Crippen LogP contribution in [0.1, 0.15) is 44.2 Å². The SMILES string of the molecule is CCCCN1CCC(n2nc(-c3cc(Cl)cc4c3OCC4)oc2=O)CC1. The van der Waals surface area contributed by atoms with Crippen LogP contribution < -0.4 is 10.5 Å². The Morgan fingerprint density at radius 1 is 1.31 bits per heavy atom. The van der Waals surface area contributed by atoms with E-state index >= 15 is 0 Å². The molecule has 1 fully saturated rings. The number of hydrogen-bond acceptors (Lipinski definition) is 5. The molecule has 0 bridgehead atoms. The van der Waals surface area contributed by atoms with E-state index in [4.69, 9.17) is 20.8 Å². The third-order valence-corrected chi connectivity index (χ3v) is 5.50. The van der Waals surface area contributed by atoms with Crippen molar-refractivity contribution in [3.8, 4) is 17.2 Å². The summed E-state index contributed by atoms with van der Waals surface area (Å²) >= 11 is 6.22. The molecule has 4 rings (SSSR count). The first-order valence-electron chi connectivity index (χ1n) is 9.43. The van der Waals surface area contributed by atoms with Crippen LogP contribution in [-0.2, 0) is 6.42 Å². The van der Waals surface area contributed by atoms with Crippen molar-refractivity contribution >= 4 is 11.6 Å². The van der Waals surface area contributed by atoms with Crippen LogP contribution in [0.2, 0.25) is 5.02 Å². The Morgan fingerprint density at radius 2 is 2.12 bits per heavy atom. The summed E-state index contributed by atoms with van der Waals surface area (Å²) in [5, 5.41) is 5.09. The molecule has 0 unspecified atom stereocenters. The van der Waals surface area contributed by atoms with Gasteiger partial charge in [-0.25, -0.2) is 4.79 Å². The zero-order chi connectivity index (χ0) is 18.1. The van der Waals surface area contributed by atoms with Crippen LogP contribution in [0.15, 0.2) is 21.3 Å². The van der Waals surface area contributed by atoms with Crippen LogP contribution in [0, 0.1) is 0 Å². The summed E-state index contributed by atoms with van der Waals surface area (Å²) in [5.74, 6) is 0.625. The van der Waals surface area contributed by atoms with E-state index in [1.807, 2.05) is 6.07 Å². The van der Waals surface area contributed by atoms with E-state index in [1.165, 1.54) is 17.5 Å². The second-order valence-corrected chi connectivity index (χ2v) is 7.52. The van der Waals surface area contributed by atoms with Crippen LogP contribution in [0.4, 0.5) is 0 Å². The van der Waals surface area contributed by atoms with Crippen LogP contribution in [0.5, 0.6) is 5.75 Å². The summed E-state index contributed by atoms with van der Waals surface area (Å²) in [6, 6.07) is 3.74. The van der Waals surface area contributed by atoms with Gasteiger partial charge in [0.2, 0.25) is 0 Å². The van der Waals surface area contributed by atoms with Crippen LogP contribution in [0.3, 0.4) is 0 Å². The van der Waals surface area contributed by atoms with Gasteiger partial charge in [-0.1, -0.05) is 24.9 Å². The van der Waals surface area contributed by atoms with Crippen molar-refractivity contribution in [2.75, 3.05) is 26.2 Å². The monoisotopic (exact) mass is 377 g/mol. The van der Waals surface area contributed by atoms with E-state index in [-0.39, 0.29) is 6.04 Å². The molecule has 2 aliphatic rings. The number of nitrogens with zero attached hydrogens (tertiary/aromatic N) is 3. The summed E-state index contributed by atoms with van der Waals surface area (Å²) in [5.41, 5.74) is 1.70. The highest BCUT2D eigenvalue weighted by Gasteiger charge is 2.27. The molecule has 2 aromatic rings. The van der Waals surface area contributed by atoms with Gasteiger partial charge in [-0.15, -0.1) is 5.10 Å². The number of hydrogen-bond donors (Lipinski definition) is 0. The van der Waals surface area contributed by atoms with Crippen molar-refractivity contribution in [2.45, 2.75) is 45.1 Å². The van der Waals surface area contributed by atoms with E-state index in [0.29, 0.717) is 23.1 Å². The zero-order valence-electron chi connectivity index (χ0n) is 15.0. The highest BCUT2D eigenvalue weighted by Crippen LogP contribution is 2.38. The molecule has 0 radical (unpaired) electrons. The van der Waals surface area contributed by atoms with Crippen LogP contribution in [-0.4, -0.2) is 40.9 Å². The largest absolute Gasteiger partial charge is 0.492 e. The summed E-state index contributed by atoms with van der Waals surface area (Å²) in [4.78, 5) is 14.9. The first-order valence-corrected chi connectivity index (χ1v) is 9.81. The minimum atomic E-state index is -0.404. The smallest absolute Gasteiger partial charge is 0.437 e. The van der Waals surface area contributed by atoms with E-state index < -0.39 is 5.76 Å². The van der Waals surface area contributed by atoms with Crippen LogP contribution >= 0.6 is 11.6 Å². The summed E-state index contributed by atoms with van der Waals surface area (Å²) in [6.45, 7) is 5.95. The number of benzene rings is 1. The van der Waals surface area contributed by atoms with Gasteiger partial charge >= 0.3 is 5.76 Å². The molecular weight excluding hydrogens is 354 g/mol. The number of fused-ring (bicyclic) bond motifs is 1. The fraction of sp³-hybridized carbons (Fsp3) is 0.579. The normalized spacial score (nSPS) is 18.1. The topological polar surface area (TPSA) is 60.5 Å². The fourth-order valence-electron chi connectivity index (χ4n) is 3.83. The van der Waals surface area contributed by atoms with Gasteiger partial charge in [0.15, 0.2) is 0 Å². The molecule has 1 saturated heterocycles. The van der Waals surface area contributed by atoms with Gasteiger partial charge in [0, 0.05) is 24.5 Å². The predicted octanol–water partition coefficient (Wildman–Crippen LogP) is 3.53. The van der Waals surface area contributed by atoms with Crippen molar-refractivity contribution in [2.24, 2.45) is 0 Å². The number of ether oxygens (including phenoxy) is 1. The molecule has 2 aliphatic heterocycles. The lowest BCUT2D eigenvalue weighted by Crippen LogP contribution is -2.37. The van der Waals surface area contributed by atoms with E-state index in [0.717, 1.165) is 50.2 Å². The highest BCUT2D eigenvalue weighted by atomic mass is 35.5. The van der Waals surface area contributed by atoms with Gasteiger partial charge < -0.3 is 14.1 Å². The Bertz CT molecular complexity index is 837. The van der Waals surface area contributed by atoms with Gasteiger partial charge in [0.05, 0.1) is 18.2 Å². The molecule has 1 aromatic heterocycles. The molecule has 3 heterocycles. The number of aromatic nitrogens is 2. The third-order valence-electron chi connectivity index (χ3n) is 5.28. The number of halogens is 1. The van der Waals surface area contributed by atoms with E-state index in [1.54, 1.807) is 6.07 Å². The molecule has 0 saturated carbocycles. The van der Waals surface area contributed by atoms with Crippen molar-refractivity contribution in [3.05, 3.63) is 33.3 Å². The minimum absolute atomic E-state index is 0.0889. The van der Waals surface area contributed by atoms with Gasteiger partial charge in [0.25, 0.3) is 5.89 Å². The Kier molecular flexibility index (Phi) is 5.05. The van der Waals surface area contributed by atoms with Crippen molar-refractivity contribution in [1.82, 2.24) is 14.7 Å². The standard InChI is InChI=1S/C19H24ClN3O3/c1-2-3-7-22-8-4-15(5-9-22)23-19(24)26-18(21-23)16-12-14(20)11-13-6-10-25-17(13)16/h11-12,15H,2-10H2,1H3. The zero-order valence-corrected chi connectivity index (χ0v) is 15.8. The maximum Gasteiger partial charge on any atom is 0.437 e. The molecule has 7 heteroatoms. The molecule has 1 aromatic carbocycles. The third kappa shape index (κ3) is 3.40. The quantitative estimate of drug-likeness (QED) is 0.797. The fourth-order valence-corrected chi connectivity index (χ4v) is 4.07. The molecule has 0 aliphatic carbocycles. The molecular formula is C19H24ClN3O3. The Labute approximate surface area is 157 Å². The maximum atomic E-state index is 12.4. The van der Waals surface area contributed by atoms with Crippen LogP contribution in [0.25, 0.3) is 11.5 Å². The molecule has 0 spiro atoms. The average molecular weight is 378 g/mol. The highest BCUT2D eigenvalue weighted by molar-refractivity contribution is 6.31. The van der Waals surface area contributed by atoms with E-state index in [2.05, 4.69) is 16.9 Å². The molecule has 0 atom stereocenters. The molecule has 0 amide bonds. The minimum Gasteiger partial charge on any atom is -0.492 e. The Morgan fingerprint density at radius 3 is 2.88 bits per heavy atom. The average Bonchev–Trinajstić information content (AvgIpc) is 3.26. The number of piperidine rings is 1. The molecule has 26 heavy (non-hydrogen) atoms. The second-order valence-electron chi connectivity index (χ2n) is 7.08.